The van der Waals surface area contributed by atoms with Crippen LogP contribution in [0.1, 0.15) is 50.2 Å². The average Bonchev–Trinajstić information content (AvgIpc) is 2.59. The normalized spacial score (nSPS) is 12.9. The van der Waals surface area contributed by atoms with E-state index in [-0.39, 0.29) is 5.25 Å². The summed E-state index contributed by atoms with van der Waals surface area (Å²) in [4.78, 5) is 0.438. The Morgan fingerprint density at radius 2 is 1.48 bits per heavy atom. The molecule has 0 saturated carbocycles. The van der Waals surface area contributed by atoms with Crippen LogP contribution in [0, 0.1) is 6.92 Å². The molecule has 25 heavy (non-hydrogen) atoms. The molecular weight excluding hydrogens is 352 g/mol. The Bertz CT molecular complexity index is 749. The molecule has 0 spiro atoms. The van der Waals surface area contributed by atoms with Crippen LogP contribution in [0.3, 0.4) is 0 Å². The van der Waals surface area contributed by atoms with Gasteiger partial charge >= 0.3 is 0 Å². The maximum atomic E-state index is 12.6. The lowest BCUT2D eigenvalue weighted by Crippen LogP contribution is -2.17. The summed E-state index contributed by atoms with van der Waals surface area (Å²) in [7, 11) is -3.21. The first kappa shape index (κ1) is 20.0. The first-order valence-electron chi connectivity index (χ1n) is 8.94. The van der Waals surface area contributed by atoms with E-state index in [0.29, 0.717) is 4.90 Å². The lowest BCUT2D eigenvalue weighted by Gasteiger charge is -2.13. The van der Waals surface area contributed by atoms with Gasteiger partial charge in [-0.3, -0.25) is 0 Å². The SMILES string of the molecule is Cc1ccc(S(=O)(=O)C(C)CCCCCCc2ccc(Cl)cc2)cc1. The summed E-state index contributed by atoms with van der Waals surface area (Å²) in [6.07, 6.45) is 6.04. The molecule has 0 aromatic heterocycles. The van der Waals surface area contributed by atoms with Gasteiger partial charge in [-0.2, -0.15) is 0 Å². The lowest BCUT2D eigenvalue weighted by molar-refractivity contribution is 0.560. The smallest absolute Gasteiger partial charge is 0.180 e. The summed E-state index contributed by atoms with van der Waals surface area (Å²) < 4.78 is 25.1. The van der Waals surface area contributed by atoms with Crippen LogP contribution in [0.15, 0.2) is 53.4 Å². The van der Waals surface area contributed by atoms with Gasteiger partial charge in [-0.25, -0.2) is 8.42 Å². The summed E-state index contributed by atoms with van der Waals surface area (Å²) >= 11 is 5.88. The number of rotatable bonds is 9. The maximum absolute atomic E-state index is 12.6. The quantitative estimate of drug-likeness (QED) is 0.501. The molecular formula is C21H27ClO2S. The second-order valence-electron chi connectivity index (χ2n) is 6.75. The van der Waals surface area contributed by atoms with Crippen LogP contribution >= 0.6 is 11.6 Å². The van der Waals surface area contributed by atoms with Gasteiger partial charge in [-0.15, -0.1) is 0 Å². The molecule has 0 saturated heterocycles. The summed E-state index contributed by atoms with van der Waals surface area (Å²) in [6.45, 7) is 3.78. The van der Waals surface area contributed by atoms with E-state index in [1.165, 1.54) is 5.56 Å². The topological polar surface area (TPSA) is 34.1 Å². The van der Waals surface area contributed by atoms with Crippen LogP contribution in [0.2, 0.25) is 5.02 Å². The minimum atomic E-state index is -3.21. The van der Waals surface area contributed by atoms with Gasteiger partial charge in [0.1, 0.15) is 0 Å². The standard InChI is InChI=1S/C21H27ClO2S/c1-17-9-15-21(16-10-17)25(23,24)18(2)7-5-3-4-6-8-19-11-13-20(22)14-12-19/h9-16,18H,3-8H2,1-2H3. The number of unbranched alkanes of at least 4 members (excludes halogenated alkanes) is 3. The Morgan fingerprint density at radius 3 is 2.12 bits per heavy atom. The summed E-state index contributed by atoms with van der Waals surface area (Å²) in [5.74, 6) is 0. The molecule has 0 aliphatic heterocycles. The van der Waals surface area contributed by atoms with Crippen LogP contribution < -0.4 is 0 Å². The van der Waals surface area contributed by atoms with E-state index in [2.05, 4.69) is 12.1 Å². The molecule has 0 aliphatic carbocycles. The Labute approximate surface area is 157 Å². The van der Waals surface area contributed by atoms with Crippen LogP contribution in [0.5, 0.6) is 0 Å². The van der Waals surface area contributed by atoms with E-state index in [9.17, 15) is 8.42 Å². The average molecular weight is 379 g/mol. The molecule has 0 bridgehead atoms. The minimum Gasteiger partial charge on any atom is -0.223 e. The second-order valence-corrected chi connectivity index (χ2v) is 9.55. The highest BCUT2D eigenvalue weighted by atomic mass is 35.5. The Balaban J connectivity index is 1.70. The van der Waals surface area contributed by atoms with Crippen LogP contribution in [0.4, 0.5) is 0 Å². The molecule has 0 aliphatic rings. The summed E-state index contributed by atoms with van der Waals surface area (Å²) in [5.41, 5.74) is 2.38. The van der Waals surface area contributed by atoms with Crippen molar-refractivity contribution in [3.05, 3.63) is 64.7 Å². The summed E-state index contributed by atoms with van der Waals surface area (Å²) in [6, 6.07) is 15.1. The van der Waals surface area contributed by atoms with Crippen molar-refractivity contribution >= 4 is 21.4 Å². The lowest BCUT2D eigenvalue weighted by atomic mass is 10.1. The predicted molar refractivity (Wildman–Crippen MR) is 106 cm³/mol. The second kappa shape index (κ2) is 9.40. The van der Waals surface area contributed by atoms with Crippen molar-refractivity contribution in [2.24, 2.45) is 0 Å². The molecule has 0 radical (unpaired) electrons. The molecule has 1 atom stereocenters. The molecule has 136 valence electrons. The van der Waals surface area contributed by atoms with Gasteiger partial charge < -0.3 is 0 Å². The number of halogens is 1. The fraction of sp³-hybridized carbons (Fsp3) is 0.429. The summed E-state index contributed by atoms with van der Waals surface area (Å²) in [5, 5.41) is 0.444. The van der Waals surface area contributed by atoms with E-state index in [4.69, 9.17) is 11.6 Å². The highest BCUT2D eigenvalue weighted by Crippen LogP contribution is 2.21. The van der Waals surface area contributed by atoms with E-state index in [0.717, 1.165) is 49.1 Å². The highest BCUT2D eigenvalue weighted by molar-refractivity contribution is 7.92. The zero-order valence-electron chi connectivity index (χ0n) is 15.0. The molecule has 2 aromatic carbocycles. The molecule has 0 amide bonds. The number of benzene rings is 2. The van der Waals surface area contributed by atoms with Crippen molar-refractivity contribution in [1.82, 2.24) is 0 Å². The third kappa shape index (κ3) is 6.16. The monoisotopic (exact) mass is 378 g/mol. The van der Waals surface area contributed by atoms with Crippen LogP contribution in [0.25, 0.3) is 0 Å². The van der Waals surface area contributed by atoms with Crippen molar-refractivity contribution in [1.29, 1.82) is 0 Å². The van der Waals surface area contributed by atoms with E-state index >= 15 is 0 Å². The first-order valence-corrected chi connectivity index (χ1v) is 10.9. The van der Waals surface area contributed by atoms with Gasteiger partial charge in [-0.1, -0.05) is 60.7 Å². The molecule has 0 N–H and O–H groups in total. The largest absolute Gasteiger partial charge is 0.223 e. The highest BCUT2D eigenvalue weighted by Gasteiger charge is 2.22. The van der Waals surface area contributed by atoms with Gasteiger partial charge in [0.05, 0.1) is 10.1 Å². The number of sulfone groups is 1. The zero-order chi connectivity index (χ0) is 18.3. The zero-order valence-corrected chi connectivity index (χ0v) is 16.6. The molecule has 2 aromatic rings. The molecule has 1 unspecified atom stereocenters. The number of hydrogen-bond acceptors (Lipinski definition) is 2. The third-order valence-corrected chi connectivity index (χ3v) is 7.09. The maximum Gasteiger partial charge on any atom is 0.180 e. The number of hydrogen-bond donors (Lipinski definition) is 0. The van der Waals surface area contributed by atoms with Gasteiger partial charge in [0.25, 0.3) is 0 Å². The van der Waals surface area contributed by atoms with Crippen molar-refractivity contribution in [3.63, 3.8) is 0 Å². The molecule has 2 nitrogen and oxygen atoms in total. The van der Waals surface area contributed by atoms with Gasteiger partial charge in [0.2, 0.25) is 0 Å². The molecule has 2 rings (SSSR count). The van der Waals surface area contributed by atoms with E-state index < -0.39 is 9.84 Å². The minimum absolute atomic E-state index is 0.327. The fourth-order valence-electron chi connectivity index (χ4n) is 2.88. The van der Waals surface area contributed by atoms with Crippen molar-refractivity contribution < 1.29 is 8.42 Å². The van der Waals surface area contributed by atoms with E-state index in [1.54, 1.807) is 12.1 Å². The van der Waals surface area contributed by atoms with Gasteiger partial charge in [-0.05, 0) is 62.9 Å². The fourth-order valence-corrected chi connectivity index (χ4v) is 4.46. The Morgan fingerprint density at radius 1 is 0.880 bits per heavy atom. The molecule has 0 fully saturated rings. The molecule has 0 heterocycles. The van der Waals surface area contributed by atoms with Gasteiger partial charge in [0, 0.05) is 5.02 Å². The van der Waals surface area contributed by atoms with Crippen molar-refractivity contribution in [3.8, 4) is 0 Å². The number of aryl methyl sites for hydroxylation is 2. The predicted octanol–water partition coefficient (Wildman–Crippen LogP) is 6.00. The van der Waals surface area contributed by atoms with E-state index in [1.807, 2.05) is 38.1 Å². The van der Waals surface area contributed by atoms with Crippen molar-refractivity contribution in [2.45, 2.75) is 62.5 Å². The van der Waals surface area contributed by atoms with Gasteiger partial charge in [0.15, 0.2) is 9.84 Å². The van der Waals surface area contributed by atoms with Crippen molar-refractivity contribution in [2.75, 3.05) is 0 Å². The third-order valence-electron chi connectivity index (χ3n) is 4.62. The first-order chi connectivity index (χ1) is 11.9. The Hall–Kier alpha value is -1.32. The Kier molecular flexibility index (Phi) is 7.52. The molecule has 4 heteroatoms. The van der Waals surface area contributed by atoms with Crippen LogP contribution in [-0.4, -0.2) is 13.7 Å². The van der Waals surface area contributed by atoms with Crippen LogP contribution in [-0.2, 0) is 16.3 Å².